The van der Waals surface area contributed by atoms with Crippen LogP contribution in [0.4, 0.5) is 43.9 Å². The molecule has 0 saturated carbocycles. The van der Waals surface area contributed by atoms with Crippen LogP contribution in [0.2, 0.25) is 0 Å². The minimum absolute atomic E-state index is 0.683. The molecule has 0 bridgehead atoms. The smallest absolute Gasteiger partial charge is 0.364 e. The van der Waals surface area contributed by atoms with Crippen molar-refractivity contribution in [3.8, 4) is 0 Å². The Balaban J connectivity index is 3.59. The summed E-state index contributed by atoms with van der Waals surface area (Å²) in [7, 11) is 0. The zero-order valence-electron chi connectivity index (χ0n) is 11.9. The first-order valence-electron chi connectivity index (χ1n) is 6.08. The van der Waals surface area contributed by atoms with Gasteiger partial charge in [-0.2, -0.15) is 35.1 Å². The highest BCUT2D eigenvalue weighted by atomic mass is 19.4. The molecule has 4 unspecified atom stereocenters. The Morgan fingerprint density at radius 3 is 1.88 bits per heavy atom. The first kappa shape index (κ1) is 21.9. The first-order chi connectivity index (χ1) is 10.8. The average molecular weight is 396 g/mol. The summed E-state index contributed by atoms with van der Waals surface area (Å²) in [6.45, 7) is 3.67. The molecule has 0 aliphatic carbocycles. The molecule has 0 spiro atoms. The Morgan fingerprint density at radius 2 is 1.56 bits per heavy atom. The van der Waals surface area contributed by atoms with Gasteiger partial charge in [-0.25, -0.2) is 8.78 Å². The van der Waals surface area contributed by atoms with Crippen LogP contribution in [0, 0.1) is 0 Å². The van der Waals surface area contributed by atoms with E-state index in [2.05, 4.69) is 16.1 Å². The fraction of sp³-hybridized carbons (Fsp3) is 0.818. The highest BCUT2D eigenvalue weighted by Gasteiger charge is 2.86. The van der Waals surface area contributed by atoms with Crippen LogP contribution in [0.5, 0.6) is 0 Å². The van der Waals surface area contributed by atoms with Gasteiger partial charge in [0.15, 0.2) is 12.4 Å². The Kier molecular flexibility index (Phi) is 5.22. The number of hydrogen-bond acceptors (Lipinski definition) is 4. The summed E-state index contributed by atoms with van der Waals surface area (Å²) in [5, 5.41) is 18.1. The van der Waals surface area contributed by atoms with Crippen LogP contribution in [-0.2, 0) is 9.47 Å². The zero-order valence-corrected chi connectivity index (χ0v) is 11.9. The quantitative estimate of drug-likeness (QED) is 0.438. The van der Waals surface area contributed by atoms with Crippen LogP contribution in [0.15, 0.2) is 12.2 Å². The highest BCUT2D eigenvalue weighted by Crippen LogP contribution is 2.57. The molecule has 4 atom stereocenters. The Labute approximate surface area is 132 Å². The van der Waals surface area contributed by atoms with Crippen LogP contribution in [-0.4, -0.2) is 58.7 Å². The summed E-state index contributed by atoms with van der Waals surface area (Å²) >= 11 is 0. The molecule has 0 aromatic rings. The summed E-state index contributed by atoms with van der Waals surface area (Å²) in [6, 6.07) is 0. The summed E-state index contributed by atoms with van der Waals surface area (Å²) in [5.74, 6) is -17.9. The third-order valence-corrected chi connectivity index (χ3v) is 3.14. The SMILES string of the molecule is C=C(C)C(O)OC1C(F)(F)C(C(F)(F)F)OC(O)(C(F)(F)F)C1(F)F. The minimum atomic E-state index is -6.62. The van der Waals surface area contributed by atoms with Crippen molar-refractivity contribution in [2.75, 3.05) is 0 Å². The van der Waals surface area contributed by atoms with E-state index < -0.39 is 54.1 Å². The van der Waals surface area contributed by atoms with Gasteiger partial charge in [-0.05, 0) is 12.5 Å². The molecule has 1 heterocycles. The van der Waals surface area contributed by atoms with Crippen molar-refractivity contribution in [3.63, 3.8) is 0 Å². The second kappa shape index (κ2) is 5.96. The monoisotopic (exact) mass is 396 g/mol. The lowest BCUT2D eigenvalue weighted by Crippen LogP contribution is -2.78. The van der Waals surface area contributed by atoms with Crippen molar-refractivity contribution in [1.82, 2.24) is 0 Å². The van der Waals surface area contributed by atoms with E-state index in [1.165, 1.54) is 0 Å². The van der Waals surface area contributed by atoms with Crippen LogP contribution in [0.3, 0.4) is 0 Å². The first-order valence-corrected chi connectivity index (χ1v) is 6.08. The van der Waals surface area contributed by atoms with E-state index in [4.69, 9.17) is 10.2 Å². The van der Waals surface area contributed by atoms with Gasteiger partial charge < -0.3 is 19.7 Å². The standard InChI is InChI=1S/C11H10F10O4/c1-3(2)4(22)24-5-7(12,13)6(9(16,17)18)25-10(23,8(5,14)15)11(19,20)21/h4-6,22-23H,1H2,2H3. The summed E-state index contributed by atoms with van der Waals surface area (Å²) in [6.07, 6.45) is -25.0. The number of rotatable bonds is 3. The molecule has 1 fully saturated rings. The van der Waals surface area contributed by atoms with Crippen molar-refractivity contribution in [2.45, 2.75) is 55.4 Å². The van der Waals surface area contributed by atoms with Crippen molar-refractivity contribution in [2.24, 2.45) is 0 Å². The number of aliphatic hydroxyl groups excluding tert-OH is 1. The van der Waals surface area contributed by atoms with E-state index in [0.717, 1.165) is 6.92 Å². The van der Waals surface area contributed by atoms with Gasteiger partial charge in [-0.3, -0.25) is 0 Å². The summed E-state index contributed by atoms with van der Waals surface area (Å²) in [4.78, 5) is 0. The van der Waals surface area contributed by atoms with E-state index in [1.807, 2.05) is 0 Å². The van der Waals surface area contributed by atoms with Gasteiger partial charge >= 0.3 is 30.0 Å². The molecule has 0 radical (unpaired) electrons. The van der Waals surface area contributed by atoms with Crippen LogP contribution in [0.25, 0.3) is 0 Å². The van der Waals surface area contributed by atoms with E-state index in [1.54, 1.807) is 0 Å². The van der Waals surface area contributed by atoms with Gasteiger partial charge in [0.05, 0.1) is 0 Å². The predicted molar refractivity (Wildman–Crippen MR) is 57.5 cm³/mol. The highest BCUT2D eigenvalue weighted by molar-refractivity contribution is 5.11. The lowest BCUT2D eigenvalue weighted by atomic mass is 9.89. The van der Waals surface area contributed by atoms with Crippen molar-refractivity contribution < 1.29 is 63.6 Å². The average Bonchev–Trinajstić information content (AvgIpc) is 2.36. The fourth-order valence-corrected chi connectivity index (χ4v) is 1.85. The summed E-state index contributed by atoms with van der Waals surface area (Å²) < 4.78 is 138. The second-order valence-electron chi connectivity index (χ2n) is 5.19. The van der Waals surface area contributed by atoms with Crippen molar-refractivity contribution >= 4 is 0 Å². The number of hydrogen-bond donors (Lipinski definition) is 2. The number of alkyl halides is 10. The third-order valence-electron chi connectivity index (χ3n) is 3.14. The topological polar surface area (TPSA) is 58.9 Å². The molecule has 0 amide bonds. The van der Waals surface area contributed by atoms with Crippen molar-refractivity contribution in [3.05, 3.63) is 12.2 Å². The lowest BCUT2D eigenvalue weighted by molar-refractivity contribution is -0.519. The van der Waals surface area contributed by atoms with E-state index >= 15 is 0 Å². The van der Waals surface area contributed by atoms with Crippen LogP contribution in [0.1, 0.15) is 6.92 Å². The zero-order chi connectivity index (χ0) is 20.2. The molecule has 2 N–H and O–H groups in total. The van der Waals surface area contributed by atoms with Gasteiger partial charge in [0.1, 0.15) is 0 Å². The normalized spacial score (nSPS) is 33.8. The number of halogens is 10. The molecule has 0 aromatic carbocycles. The largest absolute Gasteiger partial charge is 0.449 e. The van der Waals surface area contributed by atoms with Gasteiger partial charge in [0.2, 0.25) is 6.10 Å². The molecule has 1 aliphatic heterocycles. The molecule has 1 aliphatic rings. The molecule has 0 aromatic heterocycles. The van der Waals surface area contributed by atoms with Crippen LogP contribution >= 0.6 is 0 Å². The van der Waals surface area contributed by atoms with Gasteiger partial charge in [-0.1, -0.05) is 6.58 Å². The molecular weight excluding hydrogens is 386 g/mol. The van der Waals surface area contributed by atoms with E-state index in [9.17, 15) is 43.9 Å². The van der Waals surface area contributed by atoms with E-state index in [0.29, 0.717) is 0 Å². The predicted octanol–water partition coefficient (Wildman–Crippen LogP) is 2.75. The fourth-order valence-electron chi connectivity index (χ4n) is 1.85. The molecule has 14 heteroatoms. The van der Waals surface area contributed by atoms with Gasteiger partial charge in [-0.15, -0.1) is 0 Å². The van der Waals surface area contributed by atoms with Crippen molar-refractivity contribution in [1.29, 1.82) is 0 Å². The second-order valence-corrected chi connectivity index (χ2v) is 5.19. The third kappa shape index (κ3) is 3.44. The number of ether oxygens (including phenoxy) is 2. The Bertz CT molecular complexity index is 528. The van der Waals surface area contributed by atoms with Gasteiger partial charge in [0.25, 0.3) is 0 Å². The molecule has 1 saturated heterocycles. The maximum atomic E-state index is 13.9. The lowest BCUT2D eigenvalue weighted by Gasteiger charge is -2.50. The van der Waals surface area contributed by atoms with Gasteiger partial charge in [0, 0.05) is 0 Å². The Morgan fingerprint density at radius 1 is 1.12 bits per heavy atom. The maximum absolute atomic E-state index is 13.9. The molecule has 148 valence electrons. The molecule has 1 rings (SSSR count). The minimum Gasteiger partial charge on any atom is -0.364 e. The van der Waals surface area contributed by atoms with E-state index in [-0.39, 0.29) is 0 Å². The number of aliphatic hydroxyl groups is 2. The maximum Gasteiger partial charge on any atom is 0.449 e. The van der Waals surface area contributed by atoms with Crippen LogP contribution < -0.4 is 0 Å². The molecule has 25 heavy (non-hydrogen) atoms. The summed E-state index contributed by atoms with van der Waals surface area (Å²) in [5.41, 5.74) is -0.683. The Hall–Kier alpha value is -1.12. The molecule has 4 nitrogen and oxygen atoms in total. The molecular formula is C11H10F10O4.